The molecule has 6 heteroatoms. The molecule has 32 heavy (non-hydrogen) atoms. The topological polar surface area (TPSA) is 80.6 Å². The first-order valence-electron chi connectivity index (χ1n) is 10.4. The van der Waals surface area contributed by atoms with Gasteiger partial charge < -0.3 is 19.8 Å². The highest BCUT2D eigenvalue weighted by molar-refractivity contribution is 6.05. The Morgan fingerprint density at radius 2 is 1.72 bits per heavy atom. The predicted molar refractivity (Wildman–Crippen MR) is 125 cm³/mol. The van der Waals surface area contributed by atoms with Gasteiger partial charge in [0, 0.05) is 16.8 Å². The predicted octanol–water partition coefficient (Wildman–Crippen LogP) is 5.57. The number of aryl methyl sites for hydroxylation is 2. The largest absolute Gasteiger partial charge is 0.484 e. The second-order valence-corrected chi connectivity index (χ2v) is 7.47. The second-order valence-electron chi connectivity index (χ2n) is 7.47. The van der Waals surface area contributed by atoms with Crippen LogP contribution in [-0.2, 0) is 11.2 Å². The average molecular weight is 428 g/mol. The highest BCUT2D eigenvalue weighted by Gasteiger charge is 2.14. The highest BCUT2D eigenvalue weighted by atomic mass is 16.5. The minimum Gasteiger partial charge on any atom is -0.484 e. The van der Waals surface area contributed by atoms with Crippen molar-refractivity contribution in [3.05, 3.63) is 89.7 Å². The number of hydrogen-bond acceptors (Lipinski definition) is 4. The monoisotopic (exact) mass is 428 g/mol. The van der Waals surface area contributed by atoms with Crippen molar-refractivity contribution in [2.24, 2.45) is 0 Å². The van der Waals surface area contributed by atoms with Crippen LogP contribution in [0.3, 0.4) is 0 Å². The number of hydrogen-bond donors (Lipinski definition) is 2. The lowest BCUT2D eigenvalue weighted by Crippen LogP contribution is -2.20. The molecule has 2 amide bonds. The van der Waals surface area contributed by atoms with Crippen LogP contribution in [0.25, 0.3) is 11.0 Å². The fraction of sp³-hybridized carbons (Fsp3) is 0.154. The molecule has 0 atom stereocenters. The summed E-state index contributed by atoms with van der Waals surface area (Å²) in [6, 6.07) is 22.1. The minimum atomic E-state index is -0.330. The van der Waals surface area contributed by atoms with Gasteiger partial charge >= 0.3 is 0 Å². The van der Waals surface area contributed by atoms with Crippen LogP contribution >= 0.6 is 0 Å². The molecular weight excluding hydrogens is 404 g/mol. The molecule has 0 fully saturated rings. The van der Waals surface area contributed by atoms with Crippen molar-refractivity contribution in [1.82, 2.24) is 0 Å². The average Bonchev–Trinajstić information content (AvgIpc) is 3.24. The highest BCUT2D eigenvalue weighted by Crippen LogP contribution is 2.23. The summed E-state index contributed by atoms with van der Waals surface area (Å²) in [6.07, 6.45) is 0.953. The van der Waals surface area contributed by atoms with E-state index >= 15 is 0 Å². The molecule has 0 saturated carbocycles. The van der Waals surface area contributed by atoms with Crippen molar-refractivity contribution in [2.45, 2.75) is 20.3 Å². The molecule has 1 aromatic heterocycles. The molecule has 2 N–H and O–H groups in total. The molecule has 0 unspecified atom stereocenters. The lowest BCUT2D eigenvalue weighted by atomic mass is 10.1. The molecule has 1 heterocycles. The molecule has 0 saturated heterocycles. The third-order valence-electron chi connectivity index (χ3n) is 5.11. The molecule has 4 aromatic rings. The first-order valence-corrected chi connectivity index (χ1v) is 10.4. The van der Waals surface area contributed by atoms with Gasteiger partial charge in [-0.25, -0.2) is 0 Å². The van der Waals surface area contributed by atoms with Gasteiger partial charge in [0.05, 0.1) is 0 Å². The Kier molecular flexibility index (Phi) is 6.22. The first kappa shape index (κ1) is 21.2. The second kappa shape index (κ2) is 9.39. The number of rotatable bonds is 7. The SMILES string of the molecule is CCc1ccc(OCC(=O)Nc2ccc(NC(=O)c3cc4ccccc4o3)c(C)c2)cc1. The Morgan fingerprint density at radius 1 is 0.938 bits per heavy atom. The maximum atomic E-state index is 12.6. The van der Waals surface area contributed by atoms with Crippen molar-refractivity contribution >= 4 is 34.2 Å². The molecule has 4 rings (SSSR count). The molecule has 0 aliphatic rings. The van der Waals surface area contributed by atoms with Gasteiger partial charge in [-0.1, -0.05) is 37.3 Å². The van der Waals surface area contributed by atoms with Gasteiger partial charge in [0.1, 0.15) is 11.3 Å². The van der Waals surface area contributed by atoms with Gasteiger partial charge in [0.25, 0.3) is 11.8 Å². The summed E-state index contributed by atoms with van der Waals surface area (Å²) in [6.45, 7) is 3.85. The summed E-state index contributed by atoms with van der Waals surface area (Å²) in [5.74, 6) is 0.302. The van der Waals surface area contributed by atoms with Crippen LogP contribution < -0.4 is 15.4 Å². The standard InChI is InChI=1S/C26H24N2O4/c1-3-18-8-11-21(12-9-18)31-16-25(29)27-20-10-13-22(17(2)14-20)28-26(30)24-15-19-6-4-5-7-23(19)32-24/h4-15H,3,16H2,1-2H3,(H,27,29)(H,28,30). The third-order valence-corrected chi connectivity index (χ3v) is 5.11. The summed E-state index contributed by atoms with van der Waals surface area (Å²) in [5, 5.41) is 6.54. The van der Waals surface area contributed by atoms with Crippen LogP contribution in [-0.4, -0.2) is 18.4 Å². The van der Waals surface area contributed by atoms with Crippen LogP contribution in [0.15, 0.2) is 77.2 Å². The Labute approximate surface area is 186 Å². The number of anilines is 2. The van der Waals surface area contributed by atoms with Crippen molar-refractivity contribution in [2.75, 3.05) is 17.2 Å². The van der Waals surface area contributed by atoms with Gasteiger partial charge in [-0.15, -0.1) is 0 Å². The molecule has 6 nitrogen and oxygen atoms in total. The van der Waals surface area contributed by atoms with E-state index in [9.17, 15) is 9.59 Å². The zero-order chi connectivity index (χ0) is 22.5. The fourth-order valence-corrected chi connectivity index (χ4v) is 3.33. The Hall–Kier alpha value is -4.06. The summed E-state index contributed by atoms with van der Waals surface area (Å²) in [4.78, 5) is 24.8. The third kappa shape index (κ3) is 4.98. The number of nitrogens with one attached hydrogen (secondary N) is 2. The maximum absolute atomic E-state index is 12.6. The summed E-state index contributed by atoms with van der Waals surface area (Å²) in [7, 11) is 0. The molecular formula is C26H24N2O4. The van der Waals surface area contributed by atoms with Gasteiger partial charge in [0.15, 0.2) is 12.4 Å². The van der Waals surface area contributed by atoms with E-state index < -0.39 is 0 Å². The first-order chi connectivity index (χ1) is 15.5. The van der Waals surface area contributed by atoms with E-state index in [0.29, 0.717) is 22.7 Å². The van der Waals surface area contributed by atoms with Gasteiger partial charge in [-0.05, 0) is 66.9 Å². The Balaban J connectivity index is 1.34. The number of para-hydroxylation sites is 1. The lowest BCUT2D eigenvalue weighted by Gasteiger charge is -2.11. The van der Waals surface area contributed by atoms with E-state index in [4.69, 9.17) is 9.15 Å². The number of furan rings is 1. The summed E-state index contributed by atoms with van der Waals surface area (Å²) < 4.78 is 11.2. The number of ether oxygens (including phenoxy) is 1. The van der Waals surface area contributed by atoms with Crippen molar-refractivity contribution in [3.8, 4) is 5.75 Å². The van der Waals surface area contributed by atoms with Crippen LogP contribution in [0.1, 0.15) is 28.6 Å². The van der Waals surface area contributed by atoms with Crippen LogP contribution in [0.5, 0.6) is 5.75 Å². The number of benzene rings is 3. The zero-order valence-electron chi connectivity index (χ0n) is 18.0. The zero-order valence-corrected chi connectivity index (χ0v) is 18.0. The van der Waals surface area contributed by atoms with Crippen molar-refractivity contribution in [3.63, 3.8) is 0 Å². The van der Waals surface area contributed by atoms with Crippen LogP contribution in [0.2, 0.25) is 0 Å². The smallest absolute Gasteiger partial charge is 0.291 e. The summed E-state index contributed by atoms with van der Waals surface area (Å²) in [5.41, 5.74) is 3.95. The molecule has 0 spiro atoms. The molecule has 162 valence electrons. The van der Waals surface area contributed by atoms with Crippen LogP contribution in [0.4, 0.5) is 11.4 Å². The Bertz CT molecular complexity index is 1230. The van der Waals surface area contributed by atoms with Crippen molar-refractivity contribution < 1.29 is 18.7 Å². The molecule has 0 bridgehead atoms. The number of amides is 2. The van der Waals surface area contributed by atoms with E-state index in [1.54, 1.807) is 24.3 Å². The normalized spacial score (nSPS) is 10.7. The maximum Gasteiger partial charge on any atom is 0.291 e. The van der Waals surface area contributed by atoms with Crippen molar-refractivity contribution in [1.29, 1.82) is 0 Å². The fourth-order valence-electron chi connectivity index (χ4n) is 3.33. The van der Waals surface area contributed by atoms with Gasteiger partial charge in [-0.3, -0.25) is 9.59 Å². The van der Waals surface area contributed by atoms with E-state index in [1.807, 2.05) is 55.5 Å². The number of carbonyl (C=O) groups excluding carboxylic acids is 2. The van der Waals surface area contributed by atoms with E-state index in [1.165, 1.54) is 5.56 Å². The van der Waals surface area contributed by atoms with E-state index in [2.05, 4.69) is 17.6 Å². The molecule has 3 aromatic carbocycles. The number of fused-ring (bicyclic) bond motifs is 1. The van der Waals surface area contributed by atoms with Gasteiger partial charge in [-0.2, -0.15) is 0 Å². The molecule has 0 radical (unpaired) electrons. The molecule has 0 aliphatic carbocycles. The quantitative estimate of drug-likeness (QED) is 0.403. The molecule has 0 aliphatic heterocycles. The van der Waals surface area contributed by atoms with Gasteiger partial charge in [0.2, 0.25) is 0 Å². The lowest BCUT2D eigenvalue weighted by molar-refractivity contribution is -0.118. The van der Waals surface area contributed by atoms with E-state index in [-0.39, 0.29) is 24.2 Å². The Morgan fingerprint density at radius 3 is 2.44 bits per heavy atom. The number of carbonyl (C=O) groups is 2. The van der Waals surface area contributed by atoms with E-state index in [0.717, 1.165) is 17.4 Å². The van der Waals surface area contributed by atoms with Crippen LogP contribution in [0, 0.1) is 6.92 Å². The summed E-state index contributed by atoms with van der Waals surface area (Å²) >= 11 is 0. The minimum absolute atomic E-state index is 0.0882.